The highest BCUT2D eigenvalue weighted by Gasteiger charge is 2.39. The number of sulfonamides is 1. The normalized spacial score (nSPS) is 16.9. The molecule has 2 aromatic carbocycles. The average Bonchev–Trinajstić information content (AvgIpc) is 3.13. The Labute approximate surface area is 228 Å². The first kappa shape index (κ1) is 28.4. The second-order valence-electron chi connectivity index (χ2n) is 11.1. The van der Waals surface area contributed by atoms with Crippen LogP contribution in [0.1, 0.15) is 51.4 Å². The summed E-state index contributed by atoms with van der Waals surface area (Å²) in [7, 11) is -4.27. The number of phenolic OH excluding ortho intramolecular Hbond substituents is 1. The van der Waals surface area contributed by atoms with Gasteiger partial charge in [-0.25, -0.2) is 22.5 Å². The second-order valence-corrected chi connectivity index (χ2v) is 12.8. The molecule has 2 heterocycles. The molecule has 0 bridgehead atoms. The number of amides is 1. The summed E-state index contributed by atoms with van der Waals surface area (Å²) < 4.78 is 48.2. The van der Waals surface area contributed by atoms with Crippen molar-refractivity contribution in [3.05, 3.63) is 66.0 Å². The van der Waals surface area contributed by atoms with E-state index in [2.05, 4.69) is 11.6 Å². The summed E-state index contributed by atoms with van der Waals surface area (Å²) in [5.41, 5.74) is 0.593. The van der Waals surface area contributed by atoms with Crippen molar-refractivity contribution in [3.63, 3.8) is 0 Å². The van der Waals surface area contributed by atoms with Gasteiger partial charge in [0, 0.05) is 29.8 Å². The lowest BCUT2D eigenvalue weighted by molar-refractivity contribution is 0.0981. The third kappa shape index (κ3) is 6.50. The molecule has 1 saturated heterocycles. The molecule has 3 aromatic rings. The van der Waals surface area contributed by atoms with Crippen LogP contribution in [0, 0.1) is 17.7 Å². The van der Waals surface area contributed by atoms with Gasteiger partial charge in [-0.3, -0.25) is 4.79 Å². The molecule has 0 radical (unpaired) electrons. The SMILES string of the molecule is CC(C)COc1cc(F)cc(-c2ccc(C(=O)NS(=O)(=O)c3cccc(O)c3)c(N3C[C@@H](C)CC3(C)C)n2)c1. The number of phenols is 1. The van der Waals surface area contributed by atoms with Crippen LogP contribution in [0.15, 0.2) is 59.5 Å². The van der Waals surface area contributed by atoms with E-state index in [4.69, 9.17) is 9.72 Å². The number of aromatic nitrogens is 1. The number of nitrogens with zero attached hydrogens (tertiary/aromatic N) is 2. The number of benzene rings is 2. The minimum atomic E-state index is -4.27. The van der Waals surface area contributed by atoms with Crippen LogP contribution in [-0.4, -0.2) is 43.1 Å². The number of carbonyl (C=O) groups is 1. The fourth-order valence-electron chi connectivity index (χ4n) is 4.90. The molecule has 1 aliphatic rings. The van der Waals surface area contributed by atoms with Crippen molar-refractivity contribution in [2.75, 3.05) is 18.1 Å². The summed E-state index contributed by atoms with van der Waals surface area (Å²) in [6, 6.07) is 12.5. The second kappa shape index (κ2) is 10.8. The maximum Gasteiger partial charge on any atom is 0.268 e. The highest BCUT2D eigenvalue weighted by atomic mass is 32.2. The molecule has 208 valence electrons. The van der Waals surface area contributed by atoms with Gasteiger partial charge in [-0.05, 0) is 68.5 Å². The van der Waals surface area contributed by atoms with Crippen LogP contribution in [-0.2, 0) is 10.0 Å². The predicted molar refractivity (Wildman–Crippen MR) is 148 cm³/mol. The van der Waals surface area contributed by atoms with Gasteiger partial charge in [-0.1, -0.05) is 26.8 Å². The van der Waals surface area contributed by atoms with Crippen molar-refractivity contribution in [3.8, 4) is 22.8 Å². The smallest absolute Gasteiger partial charge is 0.268 e. The van der Waals surface area contributed by atoms with Crippen molar-refractivity contribution in [2.24, 2.45) is 11.8 Å². The van der Waals surface area contributed by atoms with Crippen LogP contribution >= 0.6 is 0 Å². The Morgan fingerprint density at radius 1 is 1.21 bits per heavy atom. The summed E-state index contributed by atoms with van der Waals surface area (Å²) in [6.45, 7) is 11.2. The summed E-state index contributed by atoms with van der Waals surface area (Å²) in [5, 5.41) is 9.71. The lowest BCUT2D eigenvalue weighted by atomic mass is 9.97. The van der Waals surface area contributed by atoms with Gasteiger partial charge in [-0.15, -0.1) is 0 Å². The van der Waals surface area contributed by atoms with E-state index in [1.807, 2.05) is 32.6 Å². The fraction of sp³-hybridized carbons (Fsp3) is 0.379. The van der Waals surface area contributed by atoms with Crippen LogP contribution in [0.4, 0.5) is 10.2 Å². The van der Waals surface area contributed by atoms with Crippen molar-refractivity contribution < 1.29 is 27.4 Å². The summed E-state index contributed by atoms with van der Waals surface area (Å²) in [4.78, 5) is 19.9. The molecule has 1 aromatic heterocycles. The lowest BCUT2D eigenvalue weighted by Gasteiger charge is -2.34. The first-order valence-corrected chi connectivity index (χ1v) is 14.3. The highest BCUT2D eigenvalue weighted by molar-refractivity contribution is 7.90. The van der Waals surface area contributed by atoms with E-state index in [1.165, 1.54) is 36.4 Å². The fourth-order valence-corrected chi connectivity index (χ4v) is 5.90. The van der Waals surface area contributed by atoms with E-state index >= 15 is 0 Å². The summed E-state index contributed by atoms with van der Waals surface area (Å²) in [5.74, 6) is -0.337. The van der Waals surface area contributed by atoms with Gasteiger partial charge < -0.3 is 14.7 Å². The number of nitrogens with one attached hydrogen (secondary N) is 1. The minimum Gasteiger partial charge on any atom is -0.508 e. The highest BCUT2D eigenvalue weighted by Crippen LogP contribution is 2.38. The largest absolute Gasteiger partial charge is 0.508 e. The van der Waals surface area contributed by atoms with Crippen molar-refractivity contribution in [2.45, 2.75) is 51.5 Å². The number of carbonyl (C=O) groups excluding carboxylic acids is 1. The minimum absolute atomic E-state index is 0.0670. The maximum atomic E-state index is 14.5. The zero-order chi connectivity index (χ0) is 28.5. The number of rotatable bonds is 8. The van der Waals surface area contributed by atoms with E-state index in [9.17, 15) is 22.7 Å². The van der Waals surface area contributed by atoms with Crippen LogP contribution in [0.5, 0.6) is 11.5 Å². The first-order chi connectivity index (χ1) is 18.2. The van der Waals surface area contributed by atoms with Gasteiger partial charge in [0.25, 0.3) is 15.9 Å². The van der Waals surface area contributed by atoms with E-state index in [0.29, 0.717) is 41.9 Å². The Bertz CT molecular complexity index is 1490. The topological polar surface area (TPSA) is 109 Å². The van der Waals surface area contributed by atoms with E-state index in [0.717, 1.165) is 12.5 Å². The molecule has 4 rings (SSSR count). The van der Waals surface area contributed by atoms with E-state index < -0.39 is 21.7 Å². The molecule has 39 heavy (non-hydrogen) atoms. The number of anilines is 1. The van der Waals surface area contributed by atoms with Crippen molar-refractivity contribution in [1.29, 1.82) is 0 Å². The van der Waals surface area contributed by atoms with Crippen molar-refractivity contribution in [1.82, 2.24) is 9.71 Å². The Hall–Kier alpha value is -3.66. The maximum absolute atomic E-state index is 14.5. The molecular weight excluding hydrogens is 521 g/mol. The zero-order valence-electron chi connectivity index (χ0n) is 22.7. The summed E-state index contributed by atoms with van der Waals surface area (Å²) in [6.07, 6.45) is 0.842. The van der Waals surface area contributed by atoms with Gasteiger partial charge in [0.2, 0.25) is 0 Å². The number of ether oxygens (including phenoxy) is 1. The summed E-state index contributed by atoms with van der Waals surface area (Å²) >= 11 is 0. The monoisotopic (exact) mass is 555 g/mol. The Morgan fingerprint density at radius 2 is 1.95 bits per heavy atom. The van der Waals surface area contributed by atoms with E-state index in [1.54, 1.807) is 12.1 Å². The molecule has 1 atom stereocenters. The molecule has 8 nitrogen and oxygen atoms in total. The Morgan fingerprint density at radius 3 is 2.59 bits per heavy atom. The van der Waals surface area contributed by atoms with Crippen molar-refractivity contribution >= 4 is 21.7 Å². The van der Waals surface area contributed by atoms with Gasteiger partial charge in [-0.2, -0.15) is 0 Å². The third-order valence-electron chi connectivity index (χ3n) is 6.55. The lowest BCUT2D eigenvalue weighted by Crippen LogP contribution is -2.41. The molecule has 1 amide bonds. The average molecular weight is 556 g/mol. The molecule has 0 aliphatic carbocycles. The van der Waals surface area contributed by atoms with Crippen LogP contribution in [0.25, 0.3) is 11.3 Å². The van der Waals surface area contributed by atoms with Crippen LogP contribution in [0.2, 0.25) is 0 Å². The molecule has 0 spiro atoms. The van der Waals surface area contributed by atoms with Gasteiger partial charge in [0.05, 0.1) is 22.8 Å². The van der Waals surface area contributed by atoms with Crippen LogP contribution < -0.4 is 14.4 Å². The number of halogens is 1. The number of hydrogen-bond donors (Lipinski definition) is 2. The molecule has 1 fully saturated rings. The van der Waals surface area contributed by atoms with Crippen LogP contribution in [0.3, 0.4) is 0 Å². The van der Waals surface area contributed by atoms with Gasteiger partial charge in [0.1, 0.15) is 23.1 Å². The number of hydrogen-bond acceptors (Lipinski definition) is 7. The Kier molecular flexibility index (Phi) is 7.88. The standard InChI is InChI=1S/C29H34FN3O5S/c1-18(2)17-38-23-12-20(11-21(30)13-23)26-10-9-25(27(31-26)33-16-19(3)15-29(33,4)5)28(35)32-39(36,37)24-8-6-7-22(34)14-24/h6-14,18-19,34H,15-17H2,1-5H3,(H,32,35)/t19-/m0/s1. The van der Waals surface area contributed by atoms with E-state index in [-0.39, 0.29) is 27.7 Å². The molecule has 0 saturated carbocycles. The predicted octanol–water partition coefficient (Wildman–Crippen LogP) is 5.37. The van der Waals surface area contributed by atoms with Gasteiger partial charge >= 0.3 is 0 Å². The number of pyridine rings is 1. The molecule has 10 heteroatoms. The quantitative estimate of drug-likeness (QED) is 0.385. The molecule has 2 N–H and O–H groups in total. The zero-order valence-corrected chi connectivity index (χ0v) is 23.5. The first-order valence-electron chi connectivity index (χ1n) is 12.8. The Balaban J connectivity index is 1.76. The number of aromatic hydroxyl groups is 1. The molecular formula is C29H34FN3O5S. The van der Waals surface area contributed by atoms with Gasteiger partial charge in [0.15, 0.2) is 0 Å². The molecule has 0 unspecified atom stereocenters. The third-order valence-corrected chi connectivity index (χ3v) is 7.88. The molecule has 1 aliphatic heterocycles.